The Kier molecular flexibility index (Phi) is 7.99. The van der Waals surface area contributed by atoms with Gasteiger partial charge in [-0.05, 0) is 17.5 Å². The quantitative estimate of drug-likeness (QED) is 0.226. The zero-order chi connectivity index (χ0) is 24.2. The summed E-state index contributed by atoms with van der Waals surface area (Å²) in [5, 5.41) is 40.3. The second-order valence-electron chi connectivity index (χ2n) is 8.05. The van der Waals surface area contributed by atoms with Gasteiger partial charge in [-0.2, -0.15) is 11.8 Å². The molecular formula is C24H27NO8S. The van der Waals surface area contributed by atoms with Crippen LogP contribution in [-0.4, -0.2) is 99.1 Å². The molecule has 0 aliphatic carbocycles. The highest BCUT2D eigenvalue weighted by atomic mass is 32.2. The van der Waals surface area contributed by atoms with E-state index in [0.29, 0.717) is 34.6 Å². The van der Waals surface area contributed by atoms with Gasteiger partial charge in [-0.1, -0.05) is 36.4 Å². The monoisotopic (exact) mass is 489 g/mol. The van der Waals surface area contributed by atoms with Crippen LogP contribution < -0.4 is 0 Å². The molecule has 9 nitrogen and oxygen atoms in total. The predicted molar refractivity (Wildman–Crippen MR) is 125 cm³/mol. The number of hydrogen-bond donors (Lipinski definition) is 4. The van der Waals surface area contributed by atoms with Gasteiger partial charge in [-0.3, -0.25) is 14.5 Å². The summed E-state index contributed by atoms with van der Waals surface area (Å²) in [6, 6.07) is 10.9. The molecule has 2 aliphatic rings. The van der Waals surface area contributed by atoms with Crippen molar-refractivity contribution >= 4 is 34.3 Å². The van der Waals surface area contributed by atoms with Gasteiger partial charge in [0.2, 0.25) is 0 Å². The van der Waals surface area contributed by atoms with Crippen molar-refractivity contribution in [2.45, 2.75) is 30.7 Å². The highest BCUT2D eigenvalue weighted by Crippen LogP contribution is 2.30. The fourth-order valence-electron chi connectivity index (χ4n) is 4.08. The molecule has 2 amide bonds. The summed E-state index contributed by atoms with van der Waals surface area (Å²) >= 11 is 1.54. The first kappa shape index (κ1) is 24.8. The molecule has 0 unspecified atom stereocenters. The number of amides is 2. The van der Waals surface area contributed by atoms with Crippen LogP contribution in [0.2, 0.25) is 0 Å². The molecule has 5 atom stereocenters. The van der Waals surface area contributed by atoms with Crippen LogP contribution in [0, 0.1) is 0 Å². The van der Waals surface area contributed by atoms with Gasteiger partial charge >= 0.3 is 0 Å². The number of hydrogen-bond acceptors (Lipinski definition) is 9. The van der Waals surface area contributed by atoms with Crippen LogP contribution in [0.1, 0.15) is 20.7 Å². The molecule has 2 aromatic carbocycles. The second kappa shape index (κ2) is 11.0. The van der Waals surface area contributed by atoms with Crippen LogP contribution in [0.5, 0.6) is 0 Å². The van der Waals surface area contributed by atoms with E-state index >= 15 is 0 Å². The number of nitrogens with zero attached hydrogens (tertiary/aromatic N) is 1. The van der Waals surface area contributed by atoms with E-state index < -0.39 is 37.3 Å². The molecule has 2 aliphatic heterocycles. The normalized spacial score (nSPS) is 27.2. The molecule has 1 saturated heterocycles. The van der Waals surface area contributed by atoms with Crippen LogP contribution in [0.4, 0.5) is 0 Å². The topological polar surface area (TPSA) is 137 Å². The summed E-state index contributed by atoms with van der Waals surface area (Å²) in [5.74, 6) is 0.616. The molecule has 2 aromatic rings. The lowest BCUT2D eigenvalue weighted by atomic mass is 9.94. The summed E-state index contributed by atoms with van der Waals surface area (Å²) < 4.78 is 10.7. The molecule has 182 valence electrons. The summed E-state index contributed by atoms with van der Waals surface area (Å²) in [7, 11) is 0. The number of benzene rings is 2. The average molecular weight is 490 g/mol. The van der Waals surface area contributed by atoms with Gasteiger partial charge in [0.1, 0.15) is 24.4 Å². The van der Waals surface area contributed by atoms with Crippen LogP contribution in [0.25, 0.3) is 10.8 Å². The maximum absolute atomic E-state index is 12.9. The molecule has 0 bridgehead atoms. The van der Waals surface area contributed by atoms with Crippen LogP contribution in [-0.2, 0) is 9.47 Å². The zero-order valence-electron chi connectivity index (χ0n) is 18.3. The smallest absolute Gasteiger partial charge is 0.261 e. The molecule has 4 rings (SSSR count). The third-order valence-corrected chi connectivity index (χ3v) is 6.80. The van der Waals surface area contributed by atoms with Gasteiger partial charge in [0.25, 0.3) is 11.8 Å². The van der Waals surface area contributed by atoms with E-state index in [1.807, 2.05) is 30.3 Å². The van der Waals surface area contributed by atoms with Gasteiger partial charge in [0, 0.05) is 34.6 Å². The van der Waals surface area contributed by atoms with Crippen molar-refractivity contribution in [1.29, 1.82) is 0 Å². The fraction of sp³-hybridized carbons (Fsp3) is 0.417. The van der Waals surface area contributed by atoms with Crippen molar-refractivity contribution in [1.82, 2.24) is 4.90 Å². The van der Waals surface area contributed by atoms with E-state index in [0.717, 1.165) is 5.39 Å². The Morgan fingerprint density at radius 3 is 2.29 bits per heavy atom. The summed E-state index contributed by atoms with van der Waals surface area (Å²) in [5.41, 5.74) is 1.09. The van der Waals surface area contributed by atoms with Crippen LogP contribution in [0.3, 0.4) is 0 Å². The molecule has 2 heterocycles. The Bertz CT molecular complexity index is 1020. The lowest BCUT2D eigenvalue weighted by Crippen LogP contribution is -2.59. The number of imide groups is 1. The largest absolute Gasteiger partial charge is 0.394 e. The SMILES string of the molecule is O=C1c2cccc3cccc(c23)C(=O)N1CCSC/C=C/CO[C@@H]1O[C@H](CO)[C@@H](O)[C@H](O)[C@H]1O. The van der Waals surface area contributed by atoms with E-state index in [9.17, 15) is 30.0 Å². The van der Waals surface area contributed by atoms with Gasteiger partial charge < -0.3 is 29.9 Å². The van der Waals surface area contributed by atoms with Crippen molar-refractivity contribution in [3.05, 3.63) is 59.7 Å². The molecule has 0 radical (unpaired) electrons. The Labute approximate surface area is 200 Å². The van der Waals surface area contributed by atoms with E-state index in [2.05, 4.69) is 0 Å². The highest BCUT2D eigenvalue weighted by Gasteiger charge is 2.43. The minimum absolute atomic E-state index is 0.0904. The molecule has 34 heavy (non-hydrogen) atoms. The molecule has 10 heteroatoms. The second-order valence-corrected chi connectivity index (χ2v) is 9.20. The minimum Gasteiger partial charge on any atom is -0.394 e. The first-order valence-corrected chi connectivity index (χ1v) is 12.1. The van der Waals surface area contributed by atoms with Crippen molar-refractivity contribution in [3.63, 3.8) is 0 Å². The van der Waals surface area contributed by atoms with Crippen LogP contribution >= 0.6 is 11.8 Å². The number of ether oxygens (including phenoxy) is 2. The standard InChI is InChI=1S/C24H27NO8S/c26-13-17-19(27)20(28)21(29)24(33-17)32-10-1-2-11-34-12-9-25-22(30)15-7-3-5-14-6-4-8-16(18(14)15)23(25)31/h1-8,17,19-21,24,26-29H,9-13H2/b2-1+/t17-,19-,20+,21-,24-/m1/s1. The highest BCUT2D eigenvalue weighted by molar-refractivity contribution is 7.99. The van der Waals surface area contributed by atoms with Gasteiger partial charge in [0.15, 0.2) is 6.29 Å². The Balaban J connectivity index is 1.22. The number of aliphatic hydroxyl groups is 4. The summed E-state index contributed by atoms with van der Waals surface area (Å²) in [6.45, 7) is -0.130. The summed E-state index contributed by atoms with van der Waals surface area (Å²) in [6.07, 6.45) is -2.97. The third-order valence-electron chi connectivity index (χ3n) is 5.90. The van der Waals surface area contributed by atoms with Gasteiger partial charge in [-0.25, -0.2) is 0 Å². The van der Waals surface area contributed by atoms with E-state index in [1.54, 1.807) is 30.0 Å². The molecule has 4 N–H and O–H groups in total. The first-order chi connectivity index (χ1) is 16.4. The van der Waals surface area contributed by atoms with E-state index in [1.165, 1.54) is 4.90 Å². The number of aliphatic hydroxyl groups excluding tert-OH is 4. The lowest BCUT2D eigenvalue weighted by Gasteiger charge is -2.39. The first-order valence-electron chi connectivity index (χ1n) is 11.0. The molecule has 0 saturated carbocycles. The molecular weight excluding hydrogens is 462 g/mol. The van der Waals surface area contributed by atoms with Crippen molar-refractivity contribution in [2.24, 2.45) is 0 Å². The molecule has 0 spiro atoms. The number of thioether (sulfide) groups is 1. The Morgan fingerprint density at radius 1 is 0.971 bits per heavy atom. The fourth-order valence-corrected chi connectivity index (χ4v) is 4.83. The number of rotatable bonds is 9. The van der Waals surface area contributed by atoms with Gasteiger partial charge in [0.05, 0.1) is 13.2 Å². The number of carbonyl (C=O) groups is 2. The average Bonchev–Trinajstić information content (AvgIpc) is 2.85. The minimum atomic E-state index is -1.48. The molecule has 0 aromatic heterocycles. The zero-order valence-corrected chi connectivity index (χ0v) is 19.1. The number of carbonyl (C=O) groups excluding carboxylic acids is 2. The van der Waals surface area contributed by atoms with E-state index in [4.69, 9.17) is 9.47 Å². The van der Waals surface area contributed by atoms with Crippen molar-refractivity contribution in [3.8, 4) is 0 Å². The van der Waals surface area contributed by atoms with E-state index in [-0.39, 0.29) is 18.4 Å². The molecule has 1 fully saturated rings. The Morgan fingerprint density at radius 2 is 1.65 bits per heavy atom. The van der Waals surface area contributed by atoms with Crippen molar-refractivity contribution in [2.75, 3.05) is 31.3 Å². The van der Waals surface area contributed by atoms with Gasteiger partial charge in [-0.15, -0.1) is 0 Å². The van der Waals surface area contributed by atoms with Crippen molar-refractivity contribution < 1.29 is 39.5 Å². The maximum Gasteiger partial charge on any atom is 0.261 e. The van der Waals surface area contributed by atoms with Crippen LogP contribution in [0.15, 0.2) is 48.6 Å². The summed E-state index contributed by atoms with van der Waals surface area (Å²) in [4.78, 5) is 27.0. The lowest BCUT2D eigenvalue weighted by molar-refractivity contribution is -0.298. The maximum atomic E-state index is 12.9. The Hall–Kier alpha value is -2.31. The predicted octanol–water partition coefficient (Wildman–Crippen LogP) is 0.542. The third kappa shape index (κ3) is 4.89.